The molecule has 120 valence electrons. The van der Waals surface area contributed by atoms with Gasteiger partial charge in [-0.1, -0.05) is 42.5 Å². The predicted octanol–water partition coefficient (Wildman–Crippen LogP) is 3.46. The lowest BCUT2D eigenvalue weighted by molar-refractivity contribution is -0.131. The van der Waals surface area contributed by atoms with E-state index in [0.717, 1.165) is 11.1 Å². The van der Waals surface area contributed by atoms with Gasteiger partial charge in [0.2, 0.25) is 5.91 Å². The molecule has 0 saturated carbocycles. The Morgan fingerprint density at radius 2 is 1.70 bits per heavy atom. The number of hydrogen-bond donors (Lipinski definition) is 1. The van der Waals surface area contributed by atoms with Gasteiger partial charge >= 0.3 is 5.97 Å². The Hall–Kier alpha value is -2.62. The minimum Gasteiger partial charge on any atom is -0.478 e. The van der Waals surface area contributed by atoms with E-state index in [2.05, 4.69) is 0 Å². The summed E-state index contributed by atoms with van der Waals surface area (Å²) in [5.74, 6) is -1.11. The number of carbonyl (C=O) groups is 2. The zero-order chi connectivity index (χ0) is 17.0. The molecule has 2 aromatic carbocycles. The van der Waals surface area contributed by atoms with E-state index in [9.17, 15) is 14.7 Å². The van der Waals surface area contributed by atoms with Gasteiger partial charge in [-0.2, -0.15) is 0 Å². The molecule has 2 aromatic rings. The topological polar surface area (TPSA) is 57.6 Å². The Morgan fingerprint density at radius 3 is 2.35 bits per heavy atom. The van der Waals surface area contributed by atoms with Crippen molar-refractivity contribution in [3.63, 3.8) is 0 Å². The SMILES string of the molecule is Cc1ccccc1C(C)N(C)C(=O)Cc1ccccc1C(=O)O. The molecular formula is C19H21NO3. The standard InChI is InChI=1S/C19H21NO3/c1-13-8-4-6-10-16(13)14(2)20(3)18(21)12-15-9-5-7-11-17(15)19(22)23/h4-11,14H,12H2,1-3H3,(H,22,23). The van der Waals surface area contributed by atoms with Crippen molar-refractivity contribution in [2.24, 2.45) is 0 Å². The van der Waals surface area contributed by atoms with Crippen LogP contribution in [0.1, 0.15) is 40.0 Å². The summed E-state index contributed by atoms with van der Waals surface area (Å²) in [6.07, 6.45) is 0.0786. The molecule has 0 radical (unpaired) electrons. The first-order valence-corrected chi connectivity index (χ1v) is 7.54. The Bertz CT molecular complexity index is 724. The summed E-state index contributed by atoms with van der Waals surface area (Å²) in [6.45, 7) is 3.99. The maximum absolute atomic E-state index is 12.5. The Balaban J connectivity index is 2.18. The minimum absolute atomic E-state index is 0.0688. The zero-order valence-corrected chi connectivity index (χ0v) is 13.6. The molecule has 0 saturated heterocycles. The quantitative estimate of drug-likeness (QED) is 0.920. The van der Waals surface area contributed by atoms with Crippen LogP contribution in [0.15, 0.2) is 48.5 Å². The Morgan fingerprint density at radius 1 is 1.09 bits per heavy atom. The highest BCUT2D eigenvalue weighted by Gasteiger charge is 2.20. The molecule has 1 N–H and O–H groups in total. The van der Waals surface area contributed by atoms with Crippen molar-refractivity contribution in [1.82, 2.24) is 4.90 Å². The van der Waals surface area contributed by atoms with Crippen LogP contribution in [0, 0.1) is 6.92 Å². The summed E-state index contributed by atoms with van der Waals surface area (Å²) in [7, 11) is 1.75. The lowest BCUT2D eigenvalue weighted by atomic mass is 10.00. The van der Waals surface area contributed by atoms with Gasteiger partial charge in [-0.3, -0.25) is 4.79 Å². The van der Waals surface area contributed by atoms with Crippen LogP contribution < -0.4 is 0 Å². The molecule has 4 nitrogen and oxygen atoms in total. The van der Waals surface area contributed by atoms with E-state index in [1.54, 1.807) is 30.1 Å². The third-order valence-corrected chi connectivity index (χ3v) is 4.20. The van der Waals surface area contributed by atoms with E-state index in [-0.39, 0.29) is 23.9 Å². The van der Waals surface area contributed by atoms with Gasteiger partial charge in [0.15, 0.2) is 0 Å². The van der Waals surface area contributed by atoms with Crippen molar-refractivity contribution >= 4 is 11.9 Å². The fraction of sp³-hybridized carbons (Fsp3) is 0.263. The van der Waals surface area contributed by atoms with Gasteiger partial charge in [-0.25, -0.2) is 4.79 Å². The van der Waals surface area contributed by atoms with Crippen LogP contribution in [0.2, 0.25) is 0 Å². The average Bonchev–Trinajstić information content (AvgIpc) is 2.54. The number of nitrogens with zero attached hydrogens (tertiary/aromatic N) is 1. The number of carboxylic acids is 1. The number of amides is 1. The summed E-state index contributed by atoms with van der Waals surface area (Å²) in [5, 5.41) is 9.22. The second-order valence-electron chi connectivity index (χ2n) is 5.68. The summed E-state index contributed by atoms with van der Waals surface area (Å²) in [6, 6.07) is 14.5. The monoisotopic (exact) mass is 311 g/mol. The number of carboxylic acid groups (broad SMARTS) is 1. The molecule has 1 unspecified atom stereocenters. The highest BCUT2D eigenvalue weighted by Crippen LogP contribution is 2.23. The number of benzene rings is 2. The average molecular weight is 311 g/mol. The molecule has 0 aliphatic carbocycles. The fourth-order valence-electron chi connectivity index (χ4n) is 2.65. The molecule has 23 heavy (non-hydrogen) atoms. The second kappa shape index (κ2) is 7.09. The van der Waals surface area contributed by atoms with Crippen LogP contribution in [0.5, 0.6) is 0 Å². The Labute approximate surface area is 136 Å². The largest absolute Gasteiger partial charge is 0.478 e. The molecule has 1 amide bonds. The number of aryl methyl sites for hydroxylation is 1. The lowest BCUT2D eigenvalue weighted by Gasteiger charge is -2.27. The van der Waals surface area contributed by atoms with E-state index in [1.165, 1.54) is 6.07 Å². The number of hydrogen-bond acceptors (Lipinski definition) is 2. The Kier molecular flexibility index (Phi) is 5.16. The van der Waals surface area contributed by atoms with Gasteiger partial charge in [0, 0.05) is 7.05 Å². The third kappa shape index (κ3) is 3.77. The smallest absolute Gasteiger partial charge is 0.335 e. The van der Waals surface area contributed by atoms with E-state index in [0.29, 0.717) is 5.56 Å². The van der Waals surface area contributed by atoms with E-state index >= 15 is 0 Å². The van der Waals surface area contributed by atoms with Gasteiger partial charge in [-0.15, -0.1) is 0 Å². The molecular weight excluding hydrogens is 290 g/mol. The van der Waals surface area contributed by atoms with Crippen LogP contribution in [0.4, 0.5) is 0 Å². The summed E-state index contributed by atoms with van der Waals surface area (Å²) in [5.41, 5.74) is 2.94. The fourth-order valence-corrected chi connectivity index (χ4v) is 2.65. The van der Waals surface area contributed by atoms with Crippen LogP contribution >= 0.6 is 0 Å². The van der Waals surface area contributed by atoms with Crippen LogP contribution in [-0.2, 0) is 11.2 Å². The maximum Gasteiger partial charge on any atom is 0.335 e. The lowest BCUT2D eigenvalue weighted by Crippen LogP contribution is -2.31. The second-order valence-corrected chi connectivity index (χ2v) is 5.68. The van der Waals surface area contributed by atoms with Crippen molar-refractivity contribution in [2.45, 2.75) is 26.3 Å². The highest BCUT2D eigenvalue weighted by atomic mass is 16.4. The molecule has 2 rings (SSSR count). The van der Waals surface area contributed by atoms with Crippen molar-refractivity contribution in [2.75, 3.05) is 7.05 Å². The van der Waals surface area contributed by atoms with Gasteiger partial charge in [0.25, 0.3) is 0 Å². The number of carbonyl (C=O) groups excluding carboxylic acids is 1. The normalized spacial score (nSPS) is 11.8. The summed E-state index contributed by atoms with van der Waals surface area (Å²) >= 11 is 0. The molecule has 0 aromatic heterocycles. The first kappa shape index (κ1) is 16.7. The van der Waals surface area contributed by atoms with Crippen LogP contribution in [-0.4, -0.2) is 28.9 Å². The van der Waals surface area contributed by atoms with E-state index in [1.807, 2.05) is 38.1 Å². The molecule has 0 bridgehead atoms. The molecule has 0 aliphatic rings. The molecule has 1 atom stereocenters. The van der Waals surface area contributed by atoms with E-state index in [4.69, 9.17) is 0 Å². The van der Waals surface area contributed by atoms with Gasteiger partial charge in [0.1, 0.15) is 0 Å². The number of likely N-dealkylation sites (N-methyl/N-ethyl adjacent to an activating group) is 1. The van der Waals surface area contributed by atoms with Gasteiger partial charge in [-0.05, 0) is 36.6 Å². The zero-order valence-electron chi connectivity index (χ0n) is 13.6. The summed E-state index contributed by atoms with van der Waals surface area (Å²) < 4.78 is 0. The predicted molar refractivity (Wildman–Crippen MR) is 89.5 cm³/mol. The van der Waals surface area contributed by atoms with Crippen molar-refractivity contribution in [3.05, 3.63) is 70.8 Å². The van der Waals surface area contributed by atoms with Crippen LogP contribution in [0.25, 0.3) is 0 Å². The summed E-state index contributed by atoms with van der Waals surface area (Å²) in [4.78, 5) is 25.5. The molecule has 0 heterocycles. The first-order valence-electron chi connectivity index (χ1n) is 7.54. The molecule has 0 spiro atoms. The third-order valence-electron chi connectivity index (χ3n) is 4.20. The first-order chi connectivity index (χ1) is 10.9. The van der Waals surface area contributed by atoms with Crippen LogP contribution in [0.3, 0.4) is 0 Å². The van der Waals surface area contributed by atoms with Crippen molar-refractivity contribution < 1.29 is 14.7 Å². The molecule has 0 aliphatic heterocycles. The number of aromatic carboxylic acids is 1. The van der Waals surface area contributed by atoms with Crippen molar-refractivity contribution in [3.8, 4) is 0 Å². The van der Waals surface area contributed by atoms with E-state index < -0.39 is 5.97 Å². The van der Waals surface area contributed by atoms with Gasteiger partial charge < -0.3 is 10.0 Å². The highest BCUT2D eigenvalue weighted by molar-refractivity contribution is 5.91. The molecule has 4 heteroatoms. The maximum atomic E-state index is 12.5. The number of rotatable bonds is 5. The molecule has 0 fully saturated rings. The van der Waals surface area contributed by atoms with Gasteiger partial charge in [0.05, 0.1) is 18.0 Å². The van der Waals surface area contributed by atoms with Crippen molar-refractivity contribution in [1.29, 1.82) is 0 Å². The minimum atomic E-state index is -1.01.